The molecule has 0 aliphatic heterocycles. The summed E-state index contributed by atoms with van der Waals surface area (Å²) in [5.41, 5.74) is 5.83. The molecule has 1 atom stereocenters. The summed E-state index contributed by atoms with van der Waals surface area (Å²) < 4.78 is 0. The largest absolute Gasteiger partial charge is 0.272 e. The highest BCUT2D eigenvalue weighted by Crippen LogP contribution is 2.34. The third-order valence-corrected chi connectivity index (χ3v) is 4.42. The number of para-hydroxylation sites is 1. The molecule has 0 amide bonds. The average Bonchev–Trinajstić information content (AvgIpc) is 2.37. The Bertz CT molecular complexity index is 659. The number of nitro groups is 1. The van der Waals surface area contributed by atoms with Crippen LogP contribution in [0.5, 0.6) is 0 Å². The second-order valence-corrected chi connectivity index (χ2v) is 6.48. The third kappa shape index (κ3) is 3.50. The molecule has 0 spiro atoms. The summed E-state index contributed by atoms with van der Waals surface area (Å²) in [5, 5.41) is 11.1. The smallest absolute Gasteiger partial charge is 0.258 e. The maximum Gasteiger partial charge on any atom is 0.272 e. The maximum absolute atomic E-state index is 11.1. The van der Waals surface area contributed by atoms with Crippen LogP contribution in [0.2, 0.25) is 0 Å². The number of nitro benzene ring substituents is 1. The number of hydrogen-bond acceptors (Lipinski definition) is 2. The molecule has 1 unspecified atom stereocenters. The minimum Gasteiger partial charge on any atom is -0.258 e. The molecule has 0 radical (unpaired) electrons. The molecule has 0 saturated carbocycles. The molecule has 0 aliphatic rings. The van der Waals surface area contributed by atoms with Gasteiger partial charge < -0.3 is 0 Å². The van der Waals surface area contributed by atoms with Crippen LogP contribution in [0.15, 0.2) is 36.4 Å². The fourth-order valence-corrected chi connectivity index (χ4v) is 3.91. The minimum atomic E-state index is -0.316. The Hall–Kier alpha value is -1.68. The standard InChI is InChI=1S/C17H18BrNO2/c1-11-8-12(2)17(13(3)9-11)15(18)10-14-6-4-5-7-16(14)19(20)21/h4-9,15H,10H2,1-3H3. The molecule has 3 nitrogen and oxygen atoms in total. The molecule has 110 valence electrons. The topological polar surface area (TPSA) is 43.1 Å². The summed E-state index contributed by atoms with van der Waals surface area (Å²) in [7, 11) is 0. The lowest BCUT2D eigenvalue weighted by Crippen LogP contribution is -2.03. The van der Waals surface area contributed by atoms with Gasteiger partial charge in [0.15, 0.2) is 0 Å². The molecule has 0 heterocycles. The van der Waals surface area contributed by atoms with Gasteiger partial charge in [0.1, 0.15) is 0 Å². The SMILES string of the molecule is Cc1cc(C)c(C(Br)Cc2ccccc2[N+](=O)[O-])c(C)c1. The van der Waals surface area contributed by atoms with Crippen molar-refractivity contribution in [3.05, 3.63) is 74.3 Å². The Morgan fingerprint density at radius 3 is 2.29 bits per heavy atom. The summed E-state index contributed by atoms with van der Waals surface area (Å²) in [6, 6.07) is 11.2. The summed E-state index contributed by atoms with van der Waals surface area (Å²) in [6.45, 7) is 6.25. The number of alkyl halides is 1. The van der Waals surface area contributed by atoms with Crippen LogP contribution in [0.3, 0.4) is 0 Å². The van der Waals surface area contributed by atoms with E-state index in [9.17, 15) is 10.1 Å². The molecule has 0 aliphatic carbocycles. The lowest BCUT2D eigenvalue weighted by Gasteiger charge is -2.17. The summed E-state index contributed by atoms with van der Waals surface area (Å²) >= 11 is 3.71. The van der Waals surface area contributed by atoms with Crippen molar-refractivity contribution in [2.75, 3.05) is 0 Å². The van der Waals surface area contributed by atoms with Crippen LogP contribution in [0.1, 0.15) is 32.6 Å². The Morgan fingerprint density at radius 1 is 1.14 bits per heavy atom. The van der Waals surface area contributed by atoms with E-state index < -0.39 is 0 Å². The van der Waals surface area contributed by atoms with E-state index in [4.69, 9.17) is 0 Å². The van der Waals surface area contributed by atoms with Gasteiger partial charge in [-0.2, -0.15) is 0 Å². The van der Waals surface area contributed by atoms with E-state index in [1.165, 1.54) is 22.3 Å². The quantitative estimate of drug-likeness (QED) is 0.433. The highest BCUT2D eigenvalue weighted by molar-refractivity contribution is 9.09. The summed E-state index contributed by atoms with van der Waals surface area (Å²) in [4.78, 5) is 10.9. The van der Waals surface area contributed by atoms with Crippen LogP contribution >= 0.6 is 15.9 Å². The van der Waals surface area contributed by atoms with Crippen LogP contribution in [0.25, 0.3) is 0 Å². The number of hydrogen-bond donors (Lipinski definition) is 0. The zero-order chi connectivity index (χ0) is 15.6. The van der Waals surface area contributed by atoms with Crippen molar-refractivity contribution in [2.45, 2.75) is 32.0 Å². The van der Waals surface area contributed by atoms with Gasteiger partial charge in [0.2, 0.25) is 0 Å². The molecule has 4 heteroatoms. The van der Waals surface area contributed by atoms with E-state index in [0.717, 1.165) is 5.56 Å². The average molecular weight is 348 g/mol. The Morgan fingerprint density at radius 2 is 1.71 bits per heavy atom. The van der Waals surface area contributed by atoms with Gasteiger partial charge in [-0.1, -0.05) is 51.8 Å². The molecule has 0 saturated heterocycles. The van der Waals surface area contributed by atoms with Crippen LogP contribution in [-0.2, 0) is 6.42 Å². The van der Waals surface area contributed by atoms with Crippen LogP contribution in [0, 0.1) is 30.9 Å². The van der Waals surface area contributed by atoms with Crippen LogP contribution in [-0.4, -0.2) is 4.92 Å². The normalized spacial score (nSPS) is 12.2. The Balaban J connectivity index is 2.35. The van der Waals surface area contributed by atoms with Gasteiger partial charge in [0.25, 0.3) is 5.69 Å². The molecular weight excluding hydrogens is 330 g/mol. The number of aryl methyl sites for hydroxylation is 3. The third-order valence-electron chi connectivity index (χ3n) is 3.64. The predicted octanol–water partition coefficient (Wildman–Crippen LogP) is 5.20. The molecular formula is C17H18BrNO2. The van der Waals surface area contributed by atoms with E-state index in [1.807, 2.05) is 12.1 Å². The van der Waals surface area contributed by atoms with Gasteiger partial charge in [-0.3, -0.25) is 10.1 Å². The second kappa shape index (κ2) is 6.39. The number of rotatable bonds is 4. The Kier molecular flexibility index (Phi) is 4.78. The van der Waals surface area contributed by atoms with Gasteiger partial charge in [0, 0.05) is 16.5 Å². The molecule has 2 aromatic carbocycles. The van der Waals surface area contributed by atoms with Gasteiger partial charge in [-0.25, -0.2) is 0 Å². The van der Waals surface area contributed by atoms with Crippen molar-refractivity contribution in [3.63, 3.8) is 0 Å². The fraction of sp³-hybridized carbons (Fsp3) is 0.294. The van der Waals surface area contributed by atoms with E-state index >= 15 is 0 Å². The molecule has 2 aromatic rings. The monoisotopic (exact) mass is 347 g/mol. The molecule has 0 fully saturated rings. The van der Waals surface area contributed by atoms with Crippen molar-refractivity contribution in [2.24, 2.45) is 0 Å². The van der Waals surface area contributed by atoms with Gasteiger partial charge >= 0.3 is 0 Å². The summed E-state index contributed by atoms with van der Waals surface area (Å²) in [5.74, 6) is 0. The highest BCUT2D eigenvalue weighted by Gasteiger charge is 2.19. The lowest BCUT2D eigenvalue weighted by molar-refractivity contribution is -0.385. The number of nitrogens with zero attached hydrogens (tertiary/aromatic N) is 1. The first-order chi connectivity index (χ1) is 9.90. The Labute approximate surface area is 133 Å². The van der Waals surface area contributed by atoms with Crippen LogP contribution < -0.4 is 0 Å². The first kappa shape index (κ1) is 15.7. The van der Waals surface area contributed by atoms with Crippen molar-refractivity contribution in [1.82, 2.24) is 0 Å². The zero-order valence-corrected chi connectivity index (χ0v) is 14.0. The van der Waals surface area contributed by atoms with Crippen LogP contribution in [0.4, 0.5) is 5.69 Å². The molecule has 0 bridgehead atoms. The summed E-state index contributed by atoms with van der Waals surface area (Å²) in [6.07, 6.45) is 0.599. The highest BCUT2D eigenvalue weighted by atomic mass is 79.9. The first-order valence-corrected chi connectivity index (χ1v) is 7.76. The van der Waals surface area contributed by atoms with Gasteiger partial charge in [-0.15, -0.1) is 0 Å². The van der Waals surface area contributed by atoms with Crippen molar-refractivity contribution >= 4 is 21.6 Å². The zero-order valence-electron chi connectivity index (χ0n) is 12.4. The number of halogens is 1. The lowest BCUT2D eigenvalue weighted by atomic mass is 9.94. The van der Waals surface area contributed by atoms with Crippen molar-refractivity contribution in [3.8, 4) is 0 Å². The molecule has 0 N–H and O–H groups in total. The van der Waals surface area contributed by atoms with Crippen molar-refractivity contribution < 1.29 is 4.92 Å². The van der Waals surface area contributed by atoms with E-state index in [2.05, 4.69) is 48.8 Å². The minimum absolute atomic E-state index is 0.0687. The maximum atomic E-state index is 11.1. The fourth-order valence-electron chi connectivity index (χ4n) is 2.84. The predicted molar refractivity (Wildman–Crippen MR) is 89.1 cm³/mol. The van der Waals surface area contributed by atoms with Gasteiger partial charge in [0.05, 0.1) is 4.92 Å². The van der Waals surface area contributed by atoms with E-state index in [1.54, 1.807) is 12.1 Å². The second-order valence-electron chi connectivity index (χ2n) is 5.37. The molecule has 21 heavy (non-hydrogen) atoms. The van der Waals surface area contributed by atoms with Gasteiger partial charge in [-0.05, 0) is 43.9 Å². The number of benzene rings is 2. The van der Waals surface area contributed by atoms with E-state index in [-0.39, 0.29) is 15.4 Å². The van der Waals surface area contributed by atoms with E-state index in [0.29, 0.717) is 6.42 Å². The molecule has 0 aromatic heterocycles. The molecule has 2 rings (SSSR count). The van der Waals surface area contributed by atoms with Crippen molar-refractivity contribution in [1.29, 1.82) is 0 Å². The first-order valence-electron chi connectivity index (χ1n) is 6.84.